The zero-order chi connectivity index (χ0) is 34.9. The van der Waals surface area contributed by atoms with Crippen molar-refractivity contribution in [1.82, 2.24) is 0 Å². The summed E-state index contributed by atoms with van der Waals surface area (Å²) >= 11 is 0. The molecule has 0 heterocycles. The van der Waals surface area contributed by atoms with Gasteiger partial charge in [-0.3, -0.25) is 18.6 Å². The molecule has 47 heavy (non-hydrogen) atoms. The highest BCUT2D eigenvalue weighted by Gasteiger charge is 2.27. The molecule has 0 aliphatic heterocycles. The Morgan fingerprint density at radius 3 is 1.21 bits per heavy atom. The summed E-state index contributed by atoms with van der Waals surface area (Å²) in [6.45, 7) is 2.11. The van der Waals surface area contributed by atoms with Crippen LogP contribution in [0.25, 0.3) is 0 Å². The number of aliphatic hydroxyl groups is 2. The number of esters is 2. The fraction of sp³-hybridized carbons (Fsp3) is 0.889. The number of carbonyl (C=O) groups is 2. The average molecular weight is 693 g/mol. The van der Waals surface area contributed by atoms with Crippen LogP contribution in [0.4, 0.5) is 0 Å². The summed E-state index contributed by atoms with van der Waals surface area (Å²) < 4.78 is 32.3. The van der Waals surface area contributed by atoms with Gasteiger partial charge in [-0.05, 0) is 38.5 Å². The van der Waals surface area contributed by atoms with Crippen molar-refractivity contribution >= 4 is 19.8 Å². The molecule has 10 nitrogen and oxygen atoms in total. The van der Waals surface area contributed by atoms with Gasteiger partial charge >= 0.3 is 19.8 Å². The predicted octanol–water partition coefficient (Wildman–Crippen LogP) is 8.89. The number of phosphoric ester groups is 1. The van der Waals surface area contributed by atoms with E-state index in [1.807, 2.05) is 0 Å². The second kappa shape index (κ2) is 33.2. The first kappa shape index (κ1) is 45.7. The molecule has 0 bridgehead atoms. The highest BCUT2D eigenvalue weighted by Crippen LogP contribution is 2.43. The van der Waals surface area contributed by atoms with Crippen molar-refractivity contribution in [2.24, 2.45) is 0 Å². The second-order valence-corrected chi connectivity index (χ2v) is 14.0. The van der Waals surface area contributed by atoms with Gasteiger partial charge in [0.05, 0.1) is 26.4 Å². The minimum Gasteiger partial charge on any atom is -0.457 e. The van der Waals surface area contributed by atoms with E-state index in [-0.39, 0.29) is 12.8 Å². The Morgan fingerprint density at radius 2 is 0.872 bits per heavy atom. The maximum absolute atomic E-state index is 12.2. The smallest absolute Gasteiger partial charge is 0.457 e. The van der Waals surface area contributed by atoms with Crippen LogP contribution in [-0.4, -0.2) is 65.7 Å². The van der Waals surface area contributed by atoms with Crippen molar-refractivity contribution in [1.29, 1.82) is 0 Å². The number of ether oxygens (including phenoxy) is 2. The number of hydrogen-bond donors (Lipinski definition) is 3. The molecule has 0 aliphatic rings. The van der Waals surface area contributed by atoms with Crippen LogP contribution in [0.2, 0.25) is 0 Å². The lowest BCUT2D eigenvalue weighted by Crippen LogP contribution is -2.28. The third-order valence-electron chi connectivity index (χ3n) is 7.98. The number of carbonyl (C=O) groups excluding carboxylic acids is 2. The number of rotatable bonds is 35. The third-order valence-corrected chi connectivity index (χ3v) is 8.93. The lowest BCUT2D eigenvalue weighted by atomic mass is 10.1. The molecule has 3 N–H and O–H groups in total. The van der Waals surface area contributed by atoms with Crippen molar-refractivity contribution in [2.45, 2.75) is 180 Å². The molecule has 3 atom stereocenters. The second-order valence-electron chi connectivity index (χ2n) is 12.6. The molecule has 0 fully saturated rings. The molecule has 0 aromatic heterocycles. The van der Waals surface area contributed by atoms with E-state index in [9.17, 15) is 29.3 Å². The zero-order valence-corrected chi connectivity index (χ0v) is 30.6. The summed E-state index contributed by atoms with van der Waals surface area (Å²) in [5.74, 6) is -1.03. The monoisotopic (exact) mass is 692 g/mol. The largest absolute Gasteiger partial charge is 0.472 e. The first-order chi connectivity index (χ1) is 22.8. The molecule has 0 saturated carbocycles. The van der Waals surface area contributed by atoms with Gasteiger partial charge in [-0.1, -0.05) is 129 Å². The lowest BCUT2D eigenvalue weighted by Gasteiger charge is -2.20. The van der Waals surface area contributed by atoms with Crippen LogP contribution < -0.4 is 0 Å². The van der Waals surface area contributed by atoms with Crippen LogP contribution in [0.15, 0.2) is 12.2 Å². The van der Waals surface area contributed by atoms with Crippen LogP contribution >= 0.6 is 7.82 Å². The summed E-state index contributed by atoms with van der Waals surface area (Å²) in [6, 6.07) is 0. The standard InChI is InChI=1S/C36H69O10P/c1-3-5-7-9-11-12-13-14-15-16-17-18-19-20-21-22-24-26-28-36(40)46-34(30-38)32-44-47(41,42)43-31-33(29-37)45-35(39)27-25-23-10-8-6-4-2/h15-16,33-34,37-38H,3-14,17-32H2,1-2H3,(H,41,42)/b16-15-. The van der Waals surface area contributed by atoms with E-state index in [1.165, 1.54) is 70.6 Å². The van der Waals surface area contributed by atoms with Gasteiger partial charge in [0.15, 0.2) is 0 Å². The van der Waals surface area contributed by atoms with Crippen LogP contribution in [0, 0.1) is 0 Å². The molecule has 0 rings (SSSR count). The number of hydrogen-bond acceptors (Lipinski definition) is 9. The molecule has 0 spiro atoms. The van der Waals surface area contributed by atoms with Crippen molar-refractivity contribution in [3.63, 3.8) is 0 Å². The van der Waals surface area contributed by atoms with E-state index in [4.69, 9.17) is 18.5 Å². The highest BCUT2D eigenvalue weighted by atomic mass is 31.2. The van der Waals surface area contributed by atoms with Gasteiger partial charge in [0.25, 0.3) is 0 Å². The third kappa shape index (κ3) is 31.7. The summed E-state index contributed by atoms with van der Waals surface area (Å²) in [5, 5.41) is 19.0. The first-order valence-corrected chi connectivity index (χ1v) is 20.1. The Hall–Kier alpha value is -1.29. The van der Waals surface area contributed by atoms with E-state index >= 15 is 0 Å². The first-order valence-electron chi connectivity index (χ1n) is 18.6. The molecular formula is C36H69O10P. The number of phosphoric acid groups is 1. The molecule has 278 valence electrons. The SMILES string of the molecule is CCCCCCCCC/C=C\CCCCCCCCCC(=O)OC(CO)COP(=O)(O)OCC(CO)OC(=O)CCCCCCCC. The topological polar surface area (TPSA) is 149 Å². The molecule has 0 aromatic rings. The molecule has 0 aliphatic carbocycles. The molecular weight excluding hydrogens is 623 g/mol. The van der Waals surface area contributed by atoms with Gasteiger partial charge < -0.3 is 24.6 Å². The summed E-state index contributed by atoms with van der Waals surface area (Å²) in [5.41, 5.74) is 0. The molecule has 0 aromatic carbocycles. The summed E-state index contributed by atoms with van der Waals surface area (Å²) in [6.07, 6.45) is 28.0. The Labute approximate surface area is 286 Å². The molecule has 3 unspecified atom stereocenters. The van der Waals surface area contributed by atoms with Crippen molar-refractivity contribution in [3.05, 3.63) is 12.2 Å². The van der Waals surface area contributed by atoms with E-state index < -0.39 is 58.4 Å². The van der Waals surface area contributed by atoms with Crippen LogP contribution in [0.5, 0.6) is 0 Å². The van der Waals surface area contributed by atoms with Crippen LogP contribution in [0.1, 0.15) is 168 Å². The summed E-state index contributed by atoms with van der Waals surface area (Å²) in [4.78, 5) is 34.1. The number of unbranched alkanes of at least 4 members (excludes halogenated alkanes) is 19. The molecule has 11 heteroatoms. The van der Waals surface area contributed by atoms with Gasteiger partial charge in [0, 0.05) is 12.8 Å². The van der Waals surface area contributed by atoms with Crippen molar-refractivity contribution in [2.75, 3.05) is 26.4 Å². The van der Waals surface area contributed by atoms with Gasteiger partial charge in [0.2, 0.25) is 0 Å². The quantitative estimate of drug-likeness (QED) is 0.0254. The van der Waals surface area contributed by atoms with Gasteiger partial charge in [-0.25, -0.2) is 4.57 Å². The Bertz CT molecular complexity index is 807. The molecule has 0 radical (unpaired) electrons. The normalized spacial score (nSPS) is 14.2. The molecule has 0 saturated heterocycles. The van der Waals surface area contributed by atoms with Gasteiger partial charge in [-0.2, -0.15) is 0 Å². The van der Waals surface area contributed by atoms with Crippen LogP contribution in [-0.2, 0) is 32.7 Å². The minimum atomic E-state index is -4.62. The number of allylic oxidation sites excluding steroid dienone is 2. The number of aliphatic hydroxyl groups excluding tert-OH is 2. The fourth-order valence-corrected chi connectivity index (χ4v) is 5.83. The van der Waals surface area contributed by atoms with Gasteiger partial charge in [0.1, 0.15) is 12.2 Å². The zero-order valence-electron chi connectivity index (χ0n) is 29.8. The average Bonchev–Trinajstić information content (AvgIpc) is 3.06. The van der Waals surface area contributed by atoms with E-state index in [0.717, 1.165) is 57.8 Å². The van der Waals surface area contributed by atoms with E-state index in [2.05, 4.69) is 26.0 Å². The minimum absolute atomic E-state index is 0.190. The van der Waals surface area contributed by atoms with Crippen molar-refractivity contribution in [3.8, 4) is 0 Å². The maximum atomic E-state index is 12.2. The maximum Gasteiger partial charge on any atom is 0.472 e. The summed E-state index contributed by atoms with van der Waals surface area (Å²) in [7, 11) is -4.62. The Morgan fingerprint density at radius 1 is 0.553 bits per heavy atom. The Kier molecular flexibility index (Phi) is 32.3. The van der Waals surface area contributed by atoms with Crippen molar-refractivity contribution < 1.29 is 47.8 Å². The van der Waals surface area contributed by atoms with E-state index in [0.29, 0.717) is 12.8 Å². The predicted molar refractivity (Wildman–Crippen MR) is 187 cm³/mol. The molecule has 0 amide bonds. The fourth-order valence-electron chi connectivity index (χ4n) is 5.05. The Balaban J connectivity index is 3.91. The highest BCUT2D eigenvalue weighted by molar-refractivity contribution is 7.47. The van der Waals surface area contributed by atoms with E-state index in [1.54, 1.807) is 0 Å². The van der Waals surface area contributed by atoms with Gasteiger partial charge in [-0.15, -0.1) is 0 Å². The van der Waals surface area contributed by atoms with Crippen LogP contribution in [0.3, 0.4) is 0 Å². The lowest BCUT2D eigenvalue weighted by molar-refractivity contribution is -0.153.